The normalized spacial score (nSPS) is 29.5. The summed E-state index contributed by atoms with van der Waals surface area (Å²) in [7, 11) is 0. The smallest absolute Gasteiger partial charge is 0.0575 e. The number of rotatable bonds is 9. The van der Waals surface area contributed by atoms with Crippen molar-refractivity contribution < 1.29 is 4.74 Å². The summed E-state index contributed by atoms with van der Waals surface area (Å²) >= 11 is 0. The first-order valence-corrected chi connectivity index (χ1v) is 10.7. The van der Waals surface area contributed by atoms with E-state index in [0.717, 1.165) is 24.5 Å². The van der Waals surface area contributed by atoms with Crippen molar-refractivity contribution >= 4 is 0 Å². The highest BCUT2D eigenvalue weighted by atomic mass is 16.5. The average molecular weight is 339 g/mol. The Morgan fingerprint density at radius 3 is 2.21 bits per heavy atom. The molecular formula is C21H42N2O. The van der Waals surface area contributed by atoms with Crippen molar-refractivity contribution in [2.45, 2.75) is 84.8 Å². The summed E-state index contributed by atoms with van der Waals surface area (Å²) in [6.07, 6.45) is 10.0. The lowest BCUT2D eigenvalue weighted by Crippen LogP contribution is -2.49. The lowest BCUT2D eigenvalue weighted by molar-refractivity contribution is 0.0227. The molecule has 0 amide bonds. The number of piperazine rings is 1. The van der Waals surface area contributed by atoms with Gasteiger partial charge in [-0.15, -0.1) is 0 Å². The average Bonchev–Trinajstić information content (AvgIpc) is 2.61. The van der Waals surface area contributed by atoms with Crippen LogP contribution in [0.3, 0.4) is 0 Å². The van der Waals surface area contributed by atoms with Gasteiger partial charge in [0.25, 0.3) is 0 Å². The maximum atomic E-state index is 5.79. The van der Waals surface area contributed by atoms with Crippen molar-refractivity contribution in [1.82, 2.24) is 9.80 Å². The van der Waals surface area contributed by atoms with Crippen LogP contribution in [0.15, 0.2) is 0 Å². The molecular weight excluding hydrogens is 296 g/mol. The number of hydrogen-bond acceptors (Lipinski definition) is 3. The zero-order chi connectivity index (χ0) is 17.4. The molecule has 0 aromatic heterocycles. The van der Waals surface area contributed by atoms with Crippen LogP contribution in [-0.4, -0.2) is 61.3 Å². The molecule has 0 bridgehead atoms. The summed E-state index contributed by atoms with van der Waals surface area (Å²) in [5.41, 5.74) is 0. The van der Waals surface area contributed by atoms with Crippen LogP contribution in [0.2, 0.25) is 0 Å². The lowest BCUT2D eigenvalue weighted by atomic mass is 9.81. The Balaban J connectivity index is 1.56. The molecule has 0 aromatic rings. The quantitative estimate of drug-likeness (QED) is 0.619. The summed E-state index contributed by atoms with van der Waals surface area (Å²) in [6.45, 7) is 16.6. The Kier molecular flexibility index (Phi) is 9.07. The third-order valence-corrected chi connectivity index (χ3v) is 6.49. The fraction of sp³-hybridized carbons (Fsp3) is 1.00. The summed E-state index contributed by atoms with van der Waals surface area (Å²) < 4.78 is 5.79. The van der Waals surface area contributed by atoms with Crippen molar-refractivity contribution in [2.75, 3.05) is 39.3 Å². The molecule has 2 aliphatic rings. The molecule has 1 unspecified atom stereocenters. The fourth-order valence-electron chi connectivity index (χ4n) is 4.55. The first kappa shape index (κ1) is 20.2. The van der Waals surface area contributed by atoms with Crippen molar-refractivity contribution in [2.24, 2.45) is 11.8 Å². The topological polar surface area (TPSA) is 15.7 Å². The minimum absolute atomic E-state index is 0.559. The Morgan fingerprint density at radius 1 is 0.958 bits per heavy atom. The third kappa shape index (κ3) is 6.65. The predicted octanol–water partition coefficient (Wildman–Crippen LogP) is 4.41. The Morgan fingerprint density at radius 2 is 1.62 bits per heavy atom. The van der Waals surface area contributed by atoms with Crippen LogP contribution in [0.25, 0.3) is 0 Å². The van der Waals surface area contributed by atoms with E-state index in [2.05, 4.69) is 37.5 Å². The maximum Gasteiger partial charge on any atom is 0.0575 e. The predicted molar refractivity (Wildman–Crippen MR) is 104 cm³/mol. The standard InChI is InChI=1S/C21H42N2O/c1-5-19(4)23-15-13-22(14-16-23)12-11-18(3)17-20-7-9-21(10-8-20)24-6-2/h18-21H,5-17H2,1-4H3/t18-,19?,20-,21-/m1/s1. The molecule has 2 rings (SSSR count). The molecule has 0 N–H and O–H groups in total. The molecule has 0 aromatic carbocycles. The Hall–Kier alpha value is -0.120. The van der Waals surface area contributed by atoms with E-state index >= 15 is 0 Å². The first-order chi connectivity index (χ1) is 11.6. The van der Waals surface area contributed by atoms with Gasteiger partial charge in [0.15, 0.2) is 0 Å². The van der Waals surface area contributed by atoms with E-state index < -0.39 is 0 Å². The van der Waals surface area contributed by atoms with E-state index in [1.807, 2.05) is 0 Å². The molecule has 2 fully saturated rings. The molecule has 1 aliphatic heterocycles. The third-order valence-electron chi connectivity index (χ3n) is 6.49. The van der Waals surface area contributed by atoms with Crippen LogP contribution in [0.1, 0.15) is 72.6 Å². The zero-order valence-electron chi connectivity index (χ0n) is 16.8. The first-order valence-electron chi connectivity index (χ1n) is 10.7. The maximum absolute atomic E-state index is 5.79. The highest BCUT2D eigenvalue weighted by molar-refractivity contribution is 4.77. The highest BCUT2D eigenvalue weighted by Gasteiger charge is 2.24. The minimum atomic E-state index is 0.559. The van der Waals surface area contributed by atoms with Gasteiger partial charge < -0.3 is 9.64 Å². The van der Waals surface area contributed by atoms with Gasteiger partial charge in [0.05, 0.1) is 6.10 Å². The molecule has 1 heterocycles. The monoisotopic (exact) mass is 338 g/mol. The van der Waals surface area contributed by atoms with E-state index in [9.17, 15) is 0 Å². The number of nitrogens with zero attached hydrogens (tertiary/aromatic N) is 2. The summed E-state index contributed by atoms with van der Waals surface area (Å²) in [5.74, 6) is 1.84. The molecule has 2 atom stereocenters. The molecule has 0 spiro atoms. The summed E-state index contributed by atoms with van der Waals surface area (Å²) in [4.78, 5) is 5.36. The summed E-state index contributed by atoms with van der Waals surface area (Å²) in [5, 5.41) is 0. The van der Waals surface area contributed by atoms with Crippen LogP contribution in [0, 0.1) is 11.8 Å². The lowest BCUT2D eigenvalue weighted by Gasteiger charge is -2.38. The SMILES string of the molecule is CCO[C@H]1CC[C@H](C[C@H](C)CCN2CCN(C(C)CC)CC2)CC1. The van der Waals surface area contributed by atoms with E-state index in [-0.39, 0.29) is 0 Å². The molecule has 24 heavy (non-hydrogen) atoms. The molecule has 0 radical (unpaired) electrons. The van der Waals surface area contributed by atoms with Crippen LogP contribution < -0.4 is 0 Å². The molecule has 142 valence electrons. The van der Waals surface area contributed by atoms with Gasteiger partial charge >= 0.3 is 0 Å². The van der Waals surface area contributed by atoms with E-state index in [0.29, 0.717) is 6.10 Å². The van der Waals surface area contributed by atoms with Crippen LogP contribution >= 0.6 is 0 Å². The fourth-order valence-corrected chi connectivity index (χ4v) is 4.55. The van der Waals surface area contributed by atoms with Gasteiger partial charge in [-0.2, -0.15) is 0 Å². The molecule has 1 saturated heterocycles. The van der Waals surface area contributed by atoms with Crippen LogP contribution in [0.5, 0.6) is 0 Å². The van der Waals surface area contributed by atoms with Gasteiger partial charge in [-0.25, -0.2) is 0 Å². The van der Waals surface area contributed by atoms with Gasteiger partial charge in [0.2, 0.25) is 0 Å². The second-order valence-electron chi connectivity index (χ2n) is 8.36. The Labute approximate surface area is 151 Å². The van der Waals surface area contributed by atoms with Gasteiger partial charge in [-0.1, -0.05) is 13.8 Å². The van der Waals surface area contributed by atoms with Gasteiger partial charge in [-0.05, 0) is 77.2 Å². The summed E-state index contributed by atoms with van der Waals surface area (Å²) in [6, 6.07) is 0.762. The molecule has 1 aliphatic carbocycles. The number of ether oxygens (including phenoxy) is 1. The van der Waals surface area contributed by atoms with E-state index in [1.165, 1.54) is 77.7 Å². The van der Waals surface area contributed by atoms with Crippen molar-refractivity contribution in [1.29, 1.82) is 0 Å². The second kappa shape index (κ2) is 10.8. The minimum Gasteiger partial charge on any atom is -0.379 e. The zero-order valence-corrected chi connectivity index (χ0v) is 16.8. The van der Waals surface area contributed by atoms with Crippen molar-refractivity contribution in [3.05, 3.63) is 0 Å². The van der Waals surface area contributed by atoms with Gasteiger partial charge in [0, 0.05) is 38.8 Å². The van der Waals surface area contributed by atoms with Gasteiger partial charge in [0.1, 0.15) is 0 Å². The largest absolute Gasteiger partial charge is 0.379 e. The highest BCUT2D eigenvalue weighted by Crippen LogP contribution is 2.31. The van der Waals surface area contributed by atoms with E-state index in [4.69, 9.17) is 4.74 Å². The van der Waals surface area contributed by atoms with Crippen LogP contribution in [0.4, 0.5) is 0 Å². The molecule has 1 saturated carbocycles. The second-order valence-corrected chi connectivity index (χ2v) is 8.36. The van der Waals surface area contributed by atoms with Gasteiger partial charge in [-0.3, -0.25) is 4.90 Å². The van der Waals surface area contributed by atoms with Crippen molar-refractivity contribution in [3.63, 3.8) is 0 Å². The van der Waals surface area contributed by atoms with E-state index in [1.54, 1.807) is 0 Å². The molecule has 3 nitrogen and oxygen atoms in total. The van der Waals surface area contributed by atoms with Crippen molar-refractivity contribution in [3.8, 4) is 0 Å². The Bertz CT molecular complexity index is 320. The molecule has 3 heteroatoms. The van der Waals surface area contributed by atoms with Crippen LogP contribution in [-0.2, 0) is 4.74 Å². The number of hydrogen-bond donors (Lipinski definition) is 0.